The second kappa shape index (κ2) is 10.3. The molecule has 0 bridgehead atoms. The van der Waals surface area contributed by atoms with Crippen LogP contribution in [-0.4, -0.2) is 66.7 Å². The highest BCUT2D eigenvalue weighted by molar-refractivity contribution is 7.89. The fourth-order valence-corrected chi connectivity index (χ4v) is 7.59. The highest BCUT2D eigenvalue weighted by Gasteiger charge is 2.43. The molecule has 3 aromatic carbocycles. The third-order valence-corrected chi connectivity index (χ3v) is 10.4. The van der Waals surface area contributed by atoms with Crippen molar-refractivity contribution in [1.82, 2.24) is 13.2 Å². The van der Waals surface area contributed by atoms with E-state index in [4.69, 9.17) is 0 Å². The molecule has 1 saturated heterocycles. The number of carbonyl (C=O) groups is 1. The van der Waals surface area contributed by atoms with Gasteiger partial charge in [0.1, 0.15) is 6.04 Å². The molecule has 11 nitrogen and oxygen atoms in total. The topological polar surface area (TPSA) is 142 Å². The van der Waals surface area contributed by atoms with Gasteiger partial charge in [-0.1, -0.05) is 54.6 Å². The molecule has 202 valence electrons. The number of aromatic hydroxyl groups is 1. The molecule has 1 N–H and O–H groups in total. The van der Waals surface area contributed by atoms with Crippen LogP contribution in [0.15, 0.2) is 105 Å². The summed E-state index contributed by atoms with van der Waals surface area (Å²) in [6.45, 7) is -0.883. The third kappa shape index (κ3) is 4.85. The largest absolute Gasteiger partial charge is 0.493 e. The third-order valence-electron chi connectivity index (χ3n) is 6.61. The molecule has 1 amide bonds. The summed E-state index contributed by atoms with van der Waals surface area (Å²) in [5.41, 5.74) is 0.700. The van der Waals surface area contributed by atoms with Gasteiger partial charge in [0, 0.05) is 32.1 Å². The Bertz CT molecular complexity index is 1770. The molecule has 0 radical (unpaired) electrons. The summed E-state index contributed by atoms with van der Waals surface area (Å²) < 4.78 is 57.2. The fourth-order valence-electron chi connectivity index (χ4n) is 4.54. The maximum absolute atomic E-state index is 13.5. The van der Waals surface area contributed by atoms with Crippen LogP contribution < -0.4 is 0 Å². The van der Waals surface area contributed by atoms with Crippen molar-refractivity contribution in [3.05, 3.63) is 84.9 Å². The molecule has 0 spiro atoms. The second-order valence-corrected chi connectivity index (χ2v) is 12.7. The van der Waals surface area contributed by atoms with Gasteiger partial charge in [0.25, 0.3) is 5.91 Å². The highest BCUT2D eigenvalue weighted by Crippen LogP contribution is 2.38. The van der Waals surface area contributed by atoms with Crippen LogP contribution in [0.25, 0.3) is 10.9 Å². The molecule has 1 atom stereocenters. The van der Waals surface area contributed by atoms with Crippen LogP contribution in [0.1, 0.15) is 0 Å². The minimum atomic E-state index is -4.18. The number of piperazine rings is 1. The highest BCUT2D eigenvalue weighted by atomic mass is 32.2. The van der Waals surface area contributed by atoms with Crippen molar-refractivity contribution in [1.29, 1.82) is 0 Å². The second-order valence-electron chi connectivity index (χ2n) is 8.91. The molecule has 5 rings (SSSR count). The SMILES string of the molecule is Cn1c(O)c(N=NC(=O)[C@H]2CN(S(=O)(=O)c3ccccc3)CCN2S(=O)(=O)c2ccccc2)c2ccccc21. The van der Waals surface area contributed by atoms with Gasteiger partial charge in [0.2, 0.25) is 25.9 Å². The molecule has 1 aliphatic heterocycles. The predicted molar refractivity (Wildman–Crippen MR) is 143 cm³/mol. The number of hydrogen-bond donors (Lipinski definition) is 1. The van der Waals surface area contributed by atoms with Crippen LogP contribution in [0.2, 0.25) is 0 Å². The van der Waals surface area contributed by atoms with Crippen LogP contribution in [0, 0.1) is 0 Å². The molecule has 39 heavy (non-hydrogen) atoms. The zero-order chi connectivity index (χ0) is 27.8. The van der Waals surface area contributed by atoms with Crippen LogP contribution in [0.4, 0.5) is 5.69 Å². The van der Waals surface area contributed by atoms with E-state index in [-0.39, 0.29) is 34.4 Å². The number of benzene rings is 3. The zero-order valence-corrected chi connectivity index (χ0v) is 22.5. The Morgan fingerprint density at radius 1 is 0.821 bits per heavy atom. The van der Waals surface area contributed by atoms with Gasteiger partial charge in [-0.15, -0.1) is 10.2 Å². The first-order chi connectivity index (χ1) is 18.6. The summed E-state index contributed by atoms with van der Waals surface area (Å²) in [5, 5.41) is 18.8. The maximum atomic E-state index is 13.5. The average Bonchev–Trinajstić information content (AvgIpc) is 3.21. The first-order valence-corrected chi connectivity index (χ1v) is 14.8. The molecular formula is C26H25N5O6S2. The van der Waals surface area contributed by atoms with Crippen molar-refractivity contribution in [3.8, 4) is 5.88 Å². The van der Waals surface area contributed by atoms with E-state index in [9.17, 15) is 26.7 Å². The van der Waals surface area contributed by atoms with E-state index in [1.165, 1.54) is 28.8 Å². The van der Waals surface area contributed by atoms with Crippen LogP contribution in [0.5, 0.6) is 5.88 Å². The maximum Gasteiger partial charge on any atom is 0.284 e. The molecule has 13 heteroatoms. The van der Waals surface area contributed by atoms with Crippen molar-refractivity contribution in [2.75, 3.05) is 19.6 Å². The number of sulfonamides is 2. The van der Waals surface area contributed by atoms with Crippen LogP contribution >= 0.6 is 0 Å². The standard InChI is InChI=1S/C26H25N5O6S2/c1-29-22-15-9-8-14-21(22)24(26(29)33)27-28-25(32)23-18-30(38(34,35)19-10-4-2-5-11-19)16-17-31(23)39(36,37)20-12-6-3-7-13-20/h2-15,23,33H,16-18H2,1H3/t23-/m1/s1. The van der Waals surface area contributed by atoms with Crippen molar-refractivity contribution in [2.24, 2.45) is 17.3 Å². The first kappa shape index (κ1) is 26.7. The molecule has 1 aliphatic rings. The number of aryl methyl sites for hydroxylation is 1. The summed E-state index contributed by atoms with van der Waals surface area (Å²) in [6.07, 6.45) is 0. The van der Waals surface area contributed by atoms with Crippen LogP contribution in [-0.2, 0) is 31.9 Å². The van der Waals surface area contributed by atoms with E-state index in [1.54, 1.807) is 67.7 Å². The molecule has 1 aromatic heterocycles. The number of amides is 1. The summed E-state index contributed by atoms with van der Waals surface area (Å²) >= 11 is 0. The number of hydrogen-bond acceptors (Lipinski definition) is 7. The van der Waals surface area contributed by atoms with Crippen molar-refractivity contribution in [3.63, 3.8) is 0 Å². The Morgan fingerprint density at radius 2 is 1.38 bits per heavy atom. The molecule has 0 saturated carbocycles. The average molecular weight is 568 g/mol. The number of azo groups is 1. The number of fused-ring (bicyclic) bond motifs is 1. The Kier molecular flexibility index (Phi) is 7.07. The first-order valence-electron chi connectivity index (χ1n) is 12.0. The number of nitrogens with zero attached hydrogens (tertiary/aromatic N) is 5. The molecule has 0 unspecified atom stereocenters. The zero-order valence-electron chi connectivity index (χ0n) is 20.8. The Balaban J connectivity index is 1.53. The van der Waals surface area contributed by atoms with Crippen LogP contribution in [0.3, 0.4) is 0 Å². The lowest BCUT2D eigenvalue weighted by molar-refractivity contribution is -0.122. The van der Waals surface area contributed by atoms with Crippen molar-refractivity contribution in [2.45, 2.75) is 15.8 Å². The smallest absolute Gasteiger partial charge is 0.284 e. The lowest BCUT2D eigenvalue weighted by Gasteiger charge is -2.38. The molecule has 1 fully saturated rings. The minimum Gasteiger partial charge on any atom is -0.493 e. The predicted octanol–water partition coefficient (Wildman–Crippen LogP) is 3.26. The van der Waals surface area contributed by atoms with Gasteiger partial charge in [-0.05, 0) is 30.3 Å². The van der Waals surface area contributed by atoms with E-state index in [2.05, 4.69) is 10.2 Å². The van der Waals surface area contributed by atoms with Gasteiger partial charge < -0.3 is 9.67 Å². The van der Waals surface area contributed by atoms with Gasteiger partial charge in [-0.2, -0.15) is 8.61 Å². The van der Waals surface area contributed by atoms with E-state index in [0.29, 0.717) is 10.9 Å². The summed E-state index contributed by atoms with van der Waals surface area (Å²) in [7, 11) is -6.57. The van der Waals surface area contributed by atoms with Gasteiger partial charge in [0.15, 0.2) is 5.69 Å². The Morgan fingerprint density at radius 3 is 2.03 bits per heavy atom. The lowest BCUT2D eigenvalue weighted by atomic mass is 10.2. The Labute approximate surface area is 225 Å². The van der Waals surface area contributed by atoms with Gasteiger partial charge in [0.05, 0.1) is 15.3 Å². The minimum absolute atomic E-state index is 0.0258. The van der Waals surface area contributed by atoms with Crippen molar-refractivity contribution < 1.29 is 26.7 Å². The summed E-state index contributed by atoms with van der Waals surface area (Å²) in [5.74, 6) is -1.19. The number of para-hydroxylation sites is 1. The van der Waals surface area contributed by atoms with Gasteiger partial charge in [-0.3, -0.25) is 4.79 Å². The quantitative estimate of drug-likeness (QED) is 0.355. The van der Waals surface area contributed by atoms with E-state index in [0.717, 1.165) is 8.61 Å². The molecule has 4 aromatic rings. The normalized spacial score (nSPS) is 17.6. The number of aromatic nitrogens is 1. The molecule has 0 aliphatic carbocycles. The summed E-state index contributed by atoms with van der Waals surface area (Å²) in [4.78, 5) is 13.4. The fraction of sp³-hybridized carbons (Fsp3) is 0.192. The van der Waals surface area contributed by atoms with Gasteiger partial charge in [-0.25, -0.2) is 16.8 Å². The number of rotatable bonds is 6. The summed E-state index contributed by atoms with van der Waals surface area (Å²) in [6, 6.07) is 20.8. The van der Waals surface area contributed by atoms with Gasteiger partial charge >= 0.3 is 0 Å². The van der Waals surface area contributed by atoms with E-state index < -0.39 is 38.5 Å². The van der Waals surface area contributed by atoms with E-state index in [1.807, 2.05) is 0 Å². The lowest BCUT2D eigenvalue weighted by Crippen LogP contribution is -2.58. The molecular weight excluding hydrogens is 542 g/mol. The number of carbonyl (C=O) groups excluding carboxylic acids is 1. The Hall–Kier alpha value is -3.91. The van der Waals surface area contributed by atoms with Crippen molar-refractivity contribution >= 4 is 42.5 Å². The molecule has 2 heterocycles. The monoisotopic (exact) mass is 567 g/mol. The van der Waals surface area contributed by atoms with E-state index >= 15 is 0 Å².